The van der Waals surface area contributed by atoms with Crippen LogP contribution in [0.5, 0.6) is 23.0 Å². The van der Waals surface area contributed by atoms with E-state index in [-0.39, 0.29) is 25.7 Å². The molecule has 0 saturated carbocycles. The van der Waals surface area contributed by atoms with Crippen molar-refractivity contribution in [3.63, 3.8) is 0 Å². The molecule has 0 atom stereocenters. The third-order valence-corrected chi connectivity index (χ3v) is 5.69. The van der Waals surface area contributed by atoms with E-state index in [4.69, 9.17) is 18.9 Å². The van der Waals surface area contributed by atoms with Crippen LogP contribution in [0.2, 0.25) is 0 Å². The molecule has 1 amide bonds. The highest BCUT2D eigenvalue weighted by Gasteiger charge is 2.21. The Hall–Kier alpha value is -3.14. The maximum absolute atomic E-state index is 12.4. The third-order valence-electron chi connectivity index (χ3n) is 4.49. The van der Waals surface area contributed by atoms with E-state index < -0.39 is 10.0 Å². The van der Waals surface area contributed by atoms with Crippen LogP contribution < -0.4 is 28.6 Å². The topological polar surface area (TPSA) is 103 Å². The summed E-state index contributed by atoms with van der Waals surface area (Å²) < 4.78 is 46.8. The largest absolute Gasteiger partial charge is 0.497 e. The van der Waals surface area contributed by atoms with Gasteiger partial charge >= 0.3 is 0 Å². The maximum atomic E-state index is 12.4. The number of amides is 1. The molecule has 0 unspecified atom stereocenters. The van der Waals surface area contributed by atoms with Crippen molar-refractivity contribution in [1.82, 2.24) is 0 Å². The van der Waals surface area contributed by atoms with E-state index >= 15 is 0 Å². The highest BCUT2D eigenvalue weighted by atomic mass is 32.2. The Bertz CT molecular complexity index is 1020. The summed E-state index contributed by atoms with van der Waals surface area (Å²) in [4.78, 5) is 12.4. The molecule has 0 saturated heterocycles. The van der Waals surface area contributed by atoms with Crippen LogP contribution in [-0.2, 0) is 14.8 Å². The monoisotopic (exact) mass is 436 g/mol. The second-order valence-electron chi connectivity index (χ2n) is 6.59. The Balaban J connectivity index is 1.62. The highest BCUT2D eigenvalue weighted by Crippen LogP contribution is 2.36. The third kappa shape index (κ3) is 5.07. The molecule has 0 spiro atoms. The van der Waals surface area contributed by atoms with Crippen LogP contribution in [0, 0.1) is 0 Å². The minimum absolute atomic E-state index is 0.104. The van der Waals surface area contributed by atoms with E-state index in [0.717, 1.165) is 6.26 Å². The van der Waals surface area contributed by atoms with E-state index in [2.05, 4.69) is 5.32 Å². The number of sulfonamides is 1. The SMILES string of the molecule is COc1ccc(NC(=O)CCCN(c2ccc3c(c2)OCO3)S(C)(=O)=O)c(OC)c1. The van der Waals surface area contributed by atoms with Crippen LogP contribution >= 0.6 is 0 Å². The lowest BCUT2D eigenvalue weighted by atomic mass is 10.2. The number of rotatable bonds is 9. The van der Waals surface area contributed by atoms with Crippen molar-refractivity contribution in [2.75, 3.05) is 43.4 Å². The molecular formula is C20H24N2O7S. The molecule has 1 aliphatic rings. The summed E-state index contributed by atoms with van der Waals surface area (Å²) in [5.74, 6) is 1.89. The Labute approximate surface area is 175 Å². The minimum atomic E-state index is -3.54. The van der Waals surface area contributed by atoms with Crippen molar-refractivity contribution in [3.05, 3.63) is 36.4 Å². The highest BCUT2D eigenvalue weighted by molar-refractivity contribution is 7.92. The van der Waals surface area contributed by atoms with Crippen LogP contribution in [0.15, 0.2) is 36.4 Å². The van der Waals surface area contributed by atoms with Gasteiger partial charge in [0.1, 0.15) is 11.5 Å². The van der Waals surface area contributed by atoms with Gasteiger partial charge in [-0.15, -0.1) is 0 Å². The Kier molecular flexibility index (Phi) is 6.56. The molecule has 1 N–H and O–H groups in total. The number of hydrogen-bond acceptors (Lipinski definition) is 7. The molecule has 0 fully saturated rings. The van der Waals surface area contributed by atoms with Gasteiger partial charge in [0, 0.05) is 25.1 Å². The zero-order valence-electron chi connectivity index (χ0n) is 17.0. The summed E-state index contributed by atoms with van der Waals surface area (Å²) in [5, 5.41) is 2.78. The molecule has 0 radical (unpaired) electrons. The Morgan fingerprint density at radius 2 is 1.87 bits per heavy atom. The zero-order chi connectivity index (χ0) is 21.7. The standard InChI is InChI=1S/C20H24N2O7S/c1-26-15-7-8-16(18(12-15)27-2)21-20(23)5-4-10-22(30(3,24)25)14-6-9-17-19(11-14)29-13-28-17/h6-9,11-12H,4-5,10,13H2,1-3H3,(H,21,23). The summed E-state index contributed by atoms with van der Waals surface area (Å²) in [6.45, 7) is 0.248. The second-order valence-corrected chi connectivity index (χ2v) is 8.50. The molecule has 2 aromatic carbocycles. The lowest BCUT2D eigenvalue weighted by Gasteiger charge is -2.22. The predicted octanol–water partition coefficient (Wildman–Crippen LogP) is 2.62. The van der Waals surface area contributed by atoms with Gasteiger partial charge in [0.05, 0.1) is 31.9 Å². The van der Waals surface area contributed by atoms with Crippen LogP contribution in [-0.4, -0.2) is 48.1 Å². The van der Waals surface area contributed by atoms with E-state index in [1.165, 1.54) is 11.4 Å². The number of nitrogens with zero attached hydrogens (tertiary/aromatic N) is 1. The van der Waals surface area contributed by atoms with Gasteiger partial charge in [0.2, 0.25) is 22.7 Å². The predicted molar refractivity (Wildman–Crippen MR) is 112 cm³/mol. The van der Waals surface area contributed by atoms with Gasteiger partial charge < -0.3 is 24.3 Å². The minimum Gasteiger partial charge on any atom is -0.497 e. The van der Waals surface area contributed by atoms with Gasteiger partial charge in [0.25, 0.3) is 0 Å². The molecule has 3 rings (SSSR count). The van der Waals surface area contributed by atoms with Crippen LogP contribution in [0.1, 0.15) is 12.8 Å². The summed E-state index contributed by atoms with van der Waals surface area (Å²) >= 11 is 0. The van der Waals surface area contributed by atoms with E-state index in [1.54, 1.807) is 43.5 Å². The quantitative estimate of drug-likeness (QED) is 0.644. The fourth-order valence-electron chi connectivity index (χ4n) is 3.02. The first-order valence-electron chi connectivity index (χ1n) is 9.21. The summed E-state index contributed by atoms with van der Waals surface area (Å²) in [6.07, 6.45) is 1.58. The summed E-state index contributed by atoms with van der Waals surface area (Å²) in [5.41, 5.74) is 0.970. The molecule has 0 aromatic heterocycles. The molecule has 1 heterocycles. The van der Waals surface area contributed by atoms with Gasteiger partial charge in [-0.3, -0.25) is 9.10 Å². The Morgan fingerprint density at radius 1 is 1.10 bits per heavy atom. The molecule has 0 aliphatic carbocycles. The fraction of sp³-hybridized carbons (Fsp3) is 0.350. The molecular weight excluding hydrogens is 412 g/mol. The average Bonchev–Trinajstić information content (AvgIpc) is 3.18. The maximum Gasteiger partial charge on any atom is 0.232 e. The van der Waals surface area contributed by atoms with Crippen molar-refractivity contribution in [2.45, 2.75) is 12.8 Å². The number of nitrogens with one attached hydrogen (secondary N) is 1. The van der Waals surface area contributed by atoms with Gasteiger partial charge in [-0.05, 0) is 30.7 Å². The van der Waals surface area contributed by atoms with Crippen molar-refractivity contribution in [3.8, 4) is 23.0 Å². The molecule has 10 heteroatoms. The van der Waals surface area contributed by atoms with Crippen molar-refractivity contribution in [2.24, 2.45) is 0 Å². The van der Waals surface area contributed by atoms with E-state index in [9.17, 15) is 13.2 Å². The van der Waals surface area contributed by atoms with Gasteiger partial charge in [-0.25, -0.2) is 8.42 Å². The molecule has 0 bridgehead atoms. The van der Waals surface area contributed by atoms with Crippen LogP contribution in [0.25, 0.3) is 0 Å². The van der Waals surface area contributed by atoms with Crippen molar-refractivity contribution in [1.29, 1.82) is 0 Å². The molecule has 1 aliphatic heterocycles. The van der Waals surface area contributed by atoms with Crippen molar-refractivity contribution >= 4 is 27.3 Å². The first-order valence-corrected chi connectivity index (χ1v) is 11.1. The normalized spacial score (nSPS) is 12.4. The van der Waals surface area contributed by atoms with Crippen LogP contribution in [0.3, 0.4) is 0 Å². The fourth-order valence-corrected chi connectivity index (χ4v) is 3.98. The molecule has 2 aromatic rings. The second kappa shape index (κ2) is 9.12. The average molecular weight is 436 g/mol. The zero-order valence-corrected chi connectivity index (χ0v) is 17.8. The lowest BCUT2D eigenvalue weighted by Crippen LogP contribution is -2.31. The van der Waals surface area contributed by atoms with Gasteiger partial charge in [0.15, 0.2) is 11.5 Å². The summed E-state index contributed by atoms with van der Waals surface area (Å²) in [6, 6.07) is 10.00. The smallest absolute Gasteiger partial charge is 0.232 e. The first kappa shape index (κ1) is 21.6. The summed E-state index contributed by atoms with van der Waals surface area (Å²) in [7, 11) is -0.497. The number of hydrogen-bond donors (Lipinski definition) is 1. The lowest BCUT2D eigenvalue weighted by molar-refractivity contribution is -0.116. The number of fused-ring (bicyclic) bond motifs is 1. The number of anilines is 2. The number of benzene rings is 2. The number of carbonyl (C=O) groups is 1. The van der Waals surface area contributed by atoms with Crippen molar-refractivity contribution < 1.29 is 32.2 Å². The first-order chi connectivity index (χ1) is 14.3. The number of methoxy groups -OCH3 is 2. The van der Waals surface area contributed by atoms with E-state index in [1.807, 2.05) is 0 Å². The van der Waals surface area contributed by atoms with Gasteiger partial charge in [-0.2, -0.15) is 0 Å². The molecule has 162 valence electrons. The molecule has 9 nitrogen and oxygen atoms in total. The number of carbonyl (C=O) groups excluding carboxylic acids is 1. The number of ether oxygens (including phenoxy) is 4. The van der Waals surface area contributed by atoms with Crippen LogP contribution in [0.4, 0.5) is 11.4 Å². The Morgan fingerprint density at radius 3 is 2.57 bits per heavy atom. The van der Waals surface area contributed by atoms with Gasteiger partial charge in [-0.1, -0.05) is 0 Å². The van der Waals surface area contributed by atoms with E-state index in [0.29, 0.717) is 40.8 Å². The molecule has 30 heavy (non-hydrogen) atoms.